The number of hydrogen-bond acceptors (Lipinski definition) is 3. The molecule has 4 nitrogen and oxygen atoms in total. The zero-order valence-electron chi connectivity index (χ0n) is 13.8. The number of rotatable bonds is 2. The number of nitrogens with zero attached hydrogens (tertiary/aromatic N) is 2. The molecule has 2 aromatic rings. The normalized spacial score (nSPS) is 16.5. The van der Waals surface area contributed by atoms with Gasteiger partial charge in [-0.25, -0.2) is 9.69 Å². The third kappa shape index (κ3) is 4.29. The second-order valence-electron chi connectivity index (χ2n) is 5.79. The Morgan fingerprint density at radius 2 is 2.04 bits per heavy atom. The van der Waals surface area contributed by atoms with Gasteiger partial charge in [-0.15, -0.1) is 0 Å². The monoisotopic (exact) mass is 393 g/mol. The first-order chi connectivity index (χ1) is 11.9. The van der Waals surface area contributed by atoms with Crippen LogP contribution in [-0.4, -0.2) is 23.0 Å². The molecule has 0 radical (unpaired) electrons. The van der Waals surface area contributed by atoms with E-state index in [1.807, 2.05) is 31.2 Å². The van der Waals surface area contributed by atoms with Crippen LogP contribution in [0.2, 0.25) is 10.0 Å². The maximum atomic E-state index is 13.0. The predicted molar refractivity (Wildman–Crippen MR) is 108 cm³/mol. The van der Waals surface area contributed by atoms with E-state index in [-0.39, 0.29) is 6.03 Å². The Morgan fingerprint density at radius 1 is 1.24 bits per heavy atom. The van der Waals surface area contributed by atoms with Crippen molar-refractivity contribution in [2.75, 3.05) is 16.8 Å². The van der Waals surface area contributed by atoms with Crippen LogP contribution in [0.1, 0.15) is 12.5 Å². The Kier molecular flexibility index (Phi) is 5.57. The number of amidine groups is 1. The molecule has 1 N–H and O–H groups in total. The van der Waals surface area contributed by atoms with Crippen LogP contribution in [0.4, 0.5) is 16.2 Å². The Morgan fingerprint density at radius 3 is 2.68 bits per heavy atom. The second-order valence-corrected chi connectivity index (χ2v) is 8.01. The average Bonchev–Trinajstić information content (AvgIpc) is 2.97. The number of benzene rings is 2. The van der Waals surface area contributed by atoms with Gasteiger partial charge in [-0.05, 0) is 42.8 Å². The molecular weight excluding hydrogens is 377 g/mol. The molecule has 1 heterocycles. The Labute approximate surface area is 161 Å². The number of anilines is 2. The van der Waals surface area contributed by atoms with Crippen LogP contribution in [0.25, 0.3) is 0 Å². The van der Waals surface area contributed by atoms with Crippen molar-refractivity contribution in [1.29, 1.82) is 0 Å². The molecular formula is C18H17Cl2N3OS. The Hall–Kier alpha value is -1.69. The fourth-order valence-corrected chi connectivity index (χ4v) is 3.67. The van der Waals surface area contributed by atoms with E-state index in [2.05, 4.69) is 17.2 Å². The molecule has 0 aliphatic carbocycles. The summed E-state index contributed by atoms with van der Waals surface area (Å²) in [6.45, 7) is 4.78. The number of carbonyl (C=O) groups is 1. The number of amides is 2. The van der Waals surface area contributed by atoms with Gasteiger partial charge in [-0.2, -0.15) is 0 Å². The highest BCUT2D eigenvalue weighted by molar-refractivity contribution is 8.15. The maximum Gasteiger partial charge on any atom is 0.332 e. The number of aliphatic imine (C=N–C) groups is 1. The summed E-state index contributed by atoms with van der Waals surface area (Å²) in [7, 11) is 0. The van der Waals surface area contributed by atoms with E-state index in [4.69, 9.17) is 23.2 Å². The summed E-state index contributed by atoms with van der Waals surface area (Å²) in [5, 5.41) is 4.74. The summed E-state index contributed by atoms with van der Waals surface area (Å²) in [6, 6.07) is 12.5. The van der Waals surface area contributed by atoms with E-state index in [1.165, 1.54) is 0 Å². The maximum absolute atomic E-state index is 13.0. The van der Waals surface area contributed by atoms with Gasteiger partial charge in [0.2, 0.25) is 0 Å². The lowest BCUT2D eigenvalue weighted by molar-refractivity contribution is 0.259. The fourth-order valence-electron chi connectivity index (χ4n) is 2.42. The van der Waals surface area contributed by atoms with E-state index in [1.54, 1.807) is 34.9 Å². The molecule has 0 bridgehead atoms. The molecule has 0 fully saturated rings. The highest BCUT2D eigenvalue weighted by Gasteiger charge is 2.27. The van der Waals surface area contributed by atoms with E-state index in [0.717, 1.165) is 11.3 Å². The molecule has 0 unspecified atom stereocenters. The predicted octanol–water partition coefficient (Wildman–Crippen LogP) is 5.83. The largest absolute Gasteiger partial charge is 0.332 e. The van der Waals surface area contributed by atoms with Gasteiger partial charge in [-0.3, -0.25) is 4.99 Å². The molecule has 2 aromatic carbocycles. The third-order valence-electron chi connectivity index (χ3n) is 3.62. The lowest BCUT2D eigenvalue weighted by Gasteiger charge is -2.23. The zero-order valence-corrected chi connectivity index (χ0v) is 16.1. The number of thioether (sulfide) groups is 1. The number of aryl methyl sites for hydroxylation is 1. The topological polar surface area (TPSA) is 44.7 Å². The molecule has 7 heteroatoms. The summed E-state index contributed by atoms with van der Waals surface area (Å²) in [5.41, 5.74) is 2.42. The van der Waals surface area contributed by atoms with Crippen molar-refractivity contribution in [3.63, 3.8) is 0 Å². The van der Waals surface area contributed by atoms with Crippen molar-refractivity contribution in [3.8, 4) is 0 Å². The quantitative estimate of drug-likeness (QED) is 0.696. The fraction of sp³-hybridized carbons (Fsp3) is 0.222. The van der Waals surface area contributed by atoms with Crippen molar-refractivity contribution < 1.29 is 4.79 Å². The summed E-state index contributed by atoms with van der Waals surface area (Å²) in [6.07, 6.45) is 0. The van der Waals surface area contributed by atoms with Gasteiger partial charge in [0.15, 0.2) is 5.17 Å². The number of nitrogens with one attached hydrogen (secondary N) is 1. The summed E-state index contributed by atoms with van der Waals surface area (Å²) < 4.78 is 0. The molecule has 0 saturated carbocycles. The average molecular weight is 394 g/mol. The van der Waals surface area contributed by atoms with Gasteiger partial charge in [0.25, 0.3) is 0 Å². The van der Waals surface area contributed by atoms with Crippen LogP contribution in [0.3, 0.4) is 0 Å². The molecule has 2 amide bonds. The van der Waals surface area contributed by atoms with Crippen LogP contribution in [0.15, 0.2) is 47.5 Å². The zero-order chi connectivity index (χ0) is 18.0. The molecule has 3 rings (SSSR count). The van der Waals surface area contributed by atoms with Crippen LogP contribution in [0.5, 0.6) is 0 Å². The molecule has 1 aliphatic rings. The van der Waals surface area contributed by atoms with Crippen LogP contribution < -0.4 is 10.2 Å². The van der Waals surface area contributed by atoms with Gasteiger partial charge in [0.1, 0.15) is 0 Å². The Balaban J connectivity index is 1.90. The molecule has 1 atom stereocenters. The van der Waals surface area contributed by atoms with Gasteiger partial charge < -0.3 is 5.32 Å². The molecule has 0 spiro atoms. The summed E-state index contributed by atoms with van der Waals surface area (Å²) in [5.74, 6) is 0. The molecule has 25 heavy (non-hydrogen) atoms. The SMILES string of the molecule is Cc1cccc(N(C(=O)Nc2ccc(Cl)c(Cl)c2)C2=NC[C@@H](C)S2)c1. The highest BCUT2D eigenvalue weighted by Crippen LogP contribution is 2.29. The lowest BCUT2D eigenvalue weighted by Crippen LogP contribution is -2.38. The molecule has 0 saturated heterocycles. The van der Waals surface area contributed by atoms with Crippen molar-refractivity contribution in [2.24, 2.45) is 4.99 Å². The number of hydrogen-bond donors (Lipinski definition) is 1. The van der Waals surface area contributed by atoms with E-state index in [0.29, 0.717) is 32.7 Å². The molecule has 1 aliphatic heterocycles. The van der Waals surface area contributed by atoms with Crippen LogP contribution in [0, 0.1) is 6.92 Å². The lowest BCUT2D eigenvalue weighted by atomic mass is 10.2. The minimum Gasteiger partial charge on any atom is -0.307 e. The first-order valence-electron chi connectivity index (χ1n) is 7.78. The third-order valence-corrected chi connectivity index (χ3v) is 5.43. The van der Waals surface area contributed by atoms with Gasteiger partial charge in [0, 0.05) is 10.9 Å². The van der Waals surface area contributed by atoms with Crippen molar-refractivity contribution in [1.82, 2.24) is 0 Å². The van der Waals surface area contributed by atoms with Crippen molar-refractivity contribution >= 4 is 57.5 Å². The Bertz CT molecular complexity index is 841. The first kappa shape index (κ1) is 18.1. The summed E-state index contributed by atoms with van der Waals surface area (Å²) >= 11 is 13.6. The molecule has 0 aromatic heterocycles. The summed E-state index contributed by atoms with van der Waals surface area (Å²) in [4.78, 5) is 19.1. The van der Waals surface area contributed by atoms with Gasteiger partial charge in [0.05, 0.1) is 22.3 Å². The van der Waals surface area contributed by atoms with Crippen molar-refractivity contribution in [2.45, 2.75) is 19.1 Å². The number of urea groups is 1. The highest BCUT2D eigenvalue weighted by atomic mass is 35.5. The van der Waals surface area contributed by atoms with Gasteiger partial charge in [-0.1, -0.05) is 54.0 Å². The number of halogens is 2. The van der Waals surface area contributed by atoms with E-state index in [9.17, 15) is 4.79 Å². The first-order valence-corrected chi connectivity index (χ1v) is 9.41. The van der Waals surface area contributed by atoms with Gasteiger partial charge >= 0.3 is 6.03 Å². The molecule has 130 valence electrons. The van der Waals surface area contributed by atoms with Crippen LogP contribution in [-0.2, 0) is 0 Å². The van der Waals surface area contributed by atoms with E-state index >= 15 is 0 Å². The van der Waals surface area contributed by atoms with Crippen molar-refractivity contribution in [3.05, 3.63) is 58.1 Å². The van der Waals surface area contributed by atoms with E-state index < -0.39 is 0 Å². The number of carbonyl (C=O) groups excluding carboxylic acids is 1. The minimum atomic E-state index is -0.288. The smallest absolute Gasteiger partial charge is 0.307 e. The minimum absolute atomic E-state index is 0.288. The van der Waals surface area contributed by atoms with Crippen LogP contribution >= 0.6 is 35.0 Å². The second kappa shape index (κ2) is 7.68. The standard InChI is InChI=1S/C18H17Cl2N3OS/c1-11-4-3-5-14(8-11)23(18-21-10-12(2)25-18)17(24)22-13-6-7-15(19)16(20)9-13/h3-9,12H,10H2,1-2H3,(H,22,24)/t12-/m1/s1.